The Kier molecular flexibility index (Phi) is 5.35. The molecule has 2 aromatic heterocycles. The van der Waals surface area contributed by atoms with E-state index in [1.165, 1.54) is 17.8 Å². The number of halogens is 1. The number of phenolic OH excluding ortho intramolecular Hbond substituents is 1. The highest BCUT2D eigenvalue weighted by atomic mass is 35.5. The van der Waals surface area contributed by atoms with E-state index in [4.69, 9.17) is 11.6 Å². The van der Waals surface area contributed by atoms with Gasteiger partial charge in [-0.25, -0.2) is 10.2 Å². The minimum absolute atomic E-state index is 0.0777. The first kappa shape index (κ1) is 20.4. The number of anilines is 1. The summed E-state index contributed by atoms with van der Waals surface area (Å²) in [6.45, 7) is 0.234. The zero-order chi connectivity index (χ0) is 22.1. The summed E-state index contributed by atoms with van der Waals surface area (Å²) in [5.74, 6) is 0.328. The van der Waals surface area contributed by atoms with Gasteiger partial charge in [0.1, 0.15) is 5.75 Å². The fraction of sp³-hybridized carbons (Fsp3) is 0.143. The molecule has 2 aromatic carbocycles. The molecule has 10 heteroatoms. The van der Waals surface area contributed by atoms with Gasteiger partial charge in [0, 0.05) is 24.7 Å². The van der Waals surface area contributed by atoms with E-state index in [1.54, 1.807) is 41.9 Å². The van der Waals surface area contributed by atoms with E-state index in [-0.39, 0.29) is 29.4 Å². The molecule has 0 aliphatic rings. The van der Waals surface area contributed by atoms with Crippen LogP contribution in [0.2, 0.25) is 5.02 Å². The van der Waals surface area contributed by atoms with Crippen LogP contribution in [0.1, 0.15) is 11.1 Å². The second kappa shape index (κ2) is 8.11. The lowest BCUT2D eigenvalue weighted by Crippen LogP contribution is -2.37. The predicted molar refractivity (Wildman–Crippen MR) is 120 cm³/mol. The van der Waals surface area contributed by atoms with Crippen LogP contribution >= 0.6 is 11.6 Å². The molecule has 0 amide bonds. The molecule has 0 fully saturated rings. The highest BCUT2D eigenvalue weighted by Crippen LogP contribution is 2.22. The van der Waals surface area contributed by atoms with Crippen molar-refractivity contribution < 1.29 is 5.11 Å². The molecule has 31 heavy (non-hydrogen) atoms. The second-order valence-electron chi connectivity index (χ2n) is 6.92. The van der Waals surface area contributed by atoms with Gasteiger partial charge in [-0.1, -0.05) is 41.9 Å². The van der Waals surface area contributed by atoms with Crippen LogP contribution in [-0.2, 0) is 20.6 Å². The Labute approximate surface area is 181 Å². The van der Waals surface area contributed by atoms with Crippen LogP contribution in [0.3, 0.4) is 0 Å². The summed E-state index contributed by atoms with van der Waals surface area (Å²) in [7, 11) is 2.96. The quantitative estimate of drug-likeness (QED) is 0.367. The van der Waals surface area contributed by atoms with Crippen LogP contribution in [0, 0.1) is 0 Å². The number of nitrogens with zero attached hydrogens (tertiary/aromatic N) is 5. The van der Waals surface area contributed by atoms with Gasteiger partial charge in [0.2, 0.25) is 5.95 Å². The molecular weight excluding hydrogens is 420 g/mol. The number of hydrazone groups is 1. The summed E-state index contributed by atoms with van der Waals surface area (Å²) in [6, 6.07) is 14.0. The van der Waals surface area contributed by atoms with Gasteiger partial charge in [-0.2, -0.15) is 10.1 Å². The molecule has 0 saturated carbocycles. The zero-order valence-corrected chi connectivity index (χ0v) is 17.5. The van der Waals surface area contributed by atoms with Crippen LogP contribution in [0.4, 0.5) is 5.95 Å². The SMILES string of the molecule is Cn1c(=O)c2c(nc(NN=Cc3ccccc3O)n2Cc2ccccc2Cl)n(C)c1=O. The number of hydrogen-bond acceptors (Lipinski definition) is 6. The average Bonchev–Trinajstić information content (AvgIpc) is 3.12. The van der Waals surface area contributed by atoms with Gasteiger partial charge in [-0.05, 0) is 23.8 Å². The number of imidazole rings is 1. The van der Waals surface area contributed by atoms with E-state index in [1.807, 2.05) is 18.2 Å². The monoisotopic (exact) mass is 438 g/mol. The number of phenols is 1. The number of rotatable bonds is 5. The van der Waals surface area contributed by atoms with E-state index in [9.17, 15) is 14.7 Å². The second-order valence-corrected chi connectivity index (χ2v) is 7.33. The topological polar surface area (TPSA) is 106 Å². The van der Waals surface area contributed by atoms with E-state index >= 15 is 0 Å². The van der Waals surface area contributed by atoms with Crippen molar-refractivity contribution in [3.05, 3.63) is 85.5 Å². The zero-order valence-electron chi connectivity index (χ0n) is 16.8. The molecule has 2 heterocycles. The molecule has 0 atom stereocenters. The molecule has 158 valence electrons. The lowest BCUT2D eigenvalue weighted by molar-refractivity contribution is 0.474. The van der Waals surface area contributed by atoms with Gasteiger partial charge in [-0.15, -0.1) is 0 Å². The van der Waals surface area contributed by atoms with Gasteiger partial charge < -0.3 is 5.11 Å². The first-order chi connectivity index (χ1) is 14.9. The molecule has 4 rings (SSSR count). The van der Waals surface area contributed by atoms with Crippen molar-refractivity contribution in [1.82, 2.24) is 18.7 Å². The molecule has 0 spiro atoms. The molecule has 9 nitrogen and oxygen atoms in total. The third kappa shape index (κ3) is 3.71. The Morgan fingerprint density at radius 1 is 1.10 bits per heavy atom. The maximum atomic E-state index is 12.9. The fourth-order valence-electron chi connectivity index (χ4n) is 3.24. The summed E-state index contributed by atoms with van der Waals surface area (Å²) in [4.78, 5) is 29.7. The van der Waals surface area contributed by atoms with E-state index < -0.39 is 11.2 Å². The highest BCUT2D eigenvalue weighted by Gasteiger charge is 2.19. The number of nitrogens with one attached hydrogen (secondary N) is 1. The third-order valence-corrected chi connectivity index (χ3v) is 5.31. The summed E-state index contributed by atoms with van der Waals surface area (Å²) >= 11 is 6.32. The van der Waals surface area contributed by atoms with E-state index in [0.717, 1.165) is 10.1 Å². The fourth-order valence-corrected chi connectivity index (χ4v) is 3.43. The minimum Gasteiger partial charge on any atom is -0.507 e. The lowest BCUT2D eigenvalue weighted by Gasteiger charge is -2.10. The molecule has 0 aliphatic heterocycles. The van der Waals surface area contributed by atoms with E-state index in [0.29, 0.717) is 10.6 Å². The molecule has 0 radical (unpaired) electrons. The number of aromatic hydroxyl groups is 1. The highest BCUT2D eigenvalue weighted by molar-refractivity contribution is 6.31. The molecule has 2 N–H and O–H groups in total. The van der Waals surface area contributed by atoms with Crippen molar-refractivity contribution in [2.24, 2.45) is 19.2 Å². The number of hydrogen-bond donors (Lipinski definition) is 2. The van der Waals surface area contributed by atoms with Crippen molar-refractivity contribution >= 4 is 34.9 Å². The Balaban J connectivity index is 1.85. The first-order valence-corrected chi connectivity index (χ1v) is 9.73. The number of aryl methyl sites for hydroxylation is 1. The van der Waals surface area contributed by atoms with Gasteiger partial charge in [0.25, 0.3) is 5.56 Å². The average molecular weight is 439 g/mol. The minimum atomic E-state index is -0.482. The van der Waals surface area contributed by atoms with Gasteiger partial charge in [0.05, 0.1) is 12.8 Å². The van der Waals surface area contributed by atoms with Gasteiger partial charge in [-0.3, -0.25) is 18.5 Å². The third-order valence-electron chi connectivity index (χ3n) is 4.94. The standard InChI is InChI=1S/C21H19ClN6O3/c1-26-18-17(19(30)27(2)21(26)31)28(12-14-8-3-5-9-15(14)22)20(24-18)25-23-11-13-7-4-6-10-16(13)29/h3-11,29H,12H2,1-2H3,(H,24,25). The van der Waals surface area contributed by atoms with Crippen LogP contribution in [-0.4, -0.2) is 30.0 Å². The number of fused-ring (bicyclic) bond motifs is 1. The van der Waals surface area contributed by atoms with E-state index in [2.05, 4.69) is 15.5 Å². The lowest BCUT2D eigenvalue weighted by atomic mass is 10.2. The van der Waals surface area contributed by atoms with Crippen molar-refractivity contribution in [2.45, 2.75) is 6.54 Å². The normalized spacial score (nSPS) is 11.5. The molecule has 0 unspecified atom stereocenters. The van der Waals surface area contributed by atoms with Crippen LogP contribution in [0.5, 0.6) is 5.75 Å². The smallest absolute Gasteiger partial charge is 0.332 e. The molecule has 0 bridgehead atoms. The number of para-hydroxylation sites is 1. The van der Waals surface area contributed by atoms with Crippen molar-refractivity contribution in [1.29, 1.82) is 0 Å². The summed E-state index contributed by atoms with van der Waals surface area (Å²) in [5, 5.41) is 14.6. The Morgan fingerprint density at radius 3 is 2.55 bits per heavy atom. The summed E-state index contributed by atoms with van der Waals surface area (Å²) in [6.07, 6.45) is 1.44. The maximum Gasteiger partial charge on any atom is 0.332 e. The first-order valence-electron chi connectivity index (χ1n) is 9.35. The van der Waals surface area contributed by atoms with Crippen molar-refractivity contribution in [3.8, 4) is 5.75 Å². The Hall–Kier alpha value is -3.85. The van der Waals surface area contributed by atoms with Crippen molar-refractivity contribution in [2.75, 3.05) is 5.43 Å². The Morgan fingerprint density at radius 2 is 1.81 bits per heavy atom. The number of aromatic nitrogens is 4. The van der Waals surface area contributed by atoms with Crippen LogP contribution in [0.25, 0.3) is 11.2 Å². The molecule has 0 aliphatic carbocycles. The summed E-state index contributed by atoms with van der Waals surface area (Å²) < 4.78 is 3.96. The molecule has 4 aromatic rings. The predicted octanol–water partition coefficient (Wildman–Crippen LogP) is 2.29. The molecule has 0 saturated heterocycles. The number of benzene rings is 2. The largest absolute Gasteiger partial charge is 0.507 e. The summed E-state index contributed by atoms with van der Waals surface area (Å²) in [5.41, 5.74) is 3.60. The Bertz CT molecular complexity index is 1430. The van der Waals surface area contributed by atoms with Crippen molar-refractivity contribution in [3.63, 3.8) is 0 Å². The molecular formula is C21H19ClN6O3. The van der Waals surface area contributed by atoms with Gasteiger partial charge in [0.15, 0.2) is 11.2 Å². The van der Waals surface area contributed by atoms with Gasteiger partial charge >= 0.3 is 5.69 Å². The van der Waals surface area contributed by atoms with Crippen LogP contribution in [0.15, 0.2) is 63.2 Å². The maximum absolute atomic E-state index is 12.9. The van der Waals surface area contributed by atoms with Crippen LogP contribution < -0.4 is 16.7 Å².